The molecule has 1 N–H and O–H groups in total. The maximum Gasteiger partial charge on any atom is 0.241 e. The first-order valence-corrected chi connectivity index (χ1v) is 11.2. The number of tetrazole rings is 1. The summed E-state index contributed by atoms with van der Waals surface area (Å²) >= 11 is 0. The van der Waals surface area contributed by atoms with E-state index in [2.05, 4.69) is 44.6 Å². The summed E-state index contributed by atoms with van der Waals surface area (Å²) in [5, 5.41) is 14.9. The Balaban J connectivity index is 1.26. The van der Waals surface area contributed by atoms with Gasteiger partial charge in [0.25, 0.3) is 0 Å². The van der Waals surface area contributed by atoms with Crippen molar-refractivity contribution in [2.24, 2.45) is 5.92 Å². The van der Waals surface area contributed by atoms with E-state index in [9.17, 15) is 4.79 Å². The Kier molecular flexibility index (Phi) is 6.66. The van der Waals surface area contributed by atoms with Crippen LogP contribution in [0.5, 0.6) is 0 Å². The molecule has 9 heteroatoms. The van der Waals surface area contributed by atoms with Crippen molar-refractivity contribution >= 4 is 5.91 Å². The molecule has 0 saturated carbocycles. The molecule has 1 fully saturated rings. The minimum absolute atomic E-state index is 0.0921. The average Bonchev–Trinajstić information content (AvgIpc) is 3.16. The van der Waals surface area contributed by atoms with Gasteiger partial charge in [0.05, 0.1) is 6.54 Å². The van der Waals surface area contributed by atoms with Crippen molar-refractivity contribution in [2.45, 2.75) is 71.9 Å². The molecule has 2 aromatic rings. The summed E-state index contributed by atoms with van der Waals surface area (Å²) in [6.45, 7) is 7.81. The predicted molar refractivity (Wildman–Crippen MR) is 112 cm³/mol. The minimum atomic E-state index is -0.0921. The van der Waals surface area contributed by atoms with E-state index in [4.69, 9.17) is 4.98 Å². The lowest BCUT2D eigenvalue weighted by atomic mass is 9.95. The fourth-order valence-electron chi connectivity index (χ4n) is 4.34. The topological polar surface area (TPSA) is 102 Å². The molecule has 0 atom stereocenters. The molecule has 1 amide bonds. The van der Waals surface area contributed by atoms with Gasteiger partial charge in [0, 0.05) is 24.4 Å². The van der Waals surface area contributed by atoms with E-state index in [1.807, 2.05) is 0 Å². The number of carbonyl (C=O) groups is 1. The lowest BCUT2D eigenvalue weighted by Crippen LogP contribution is -2.35. The number of amides is 1. The molecule has 0 bridgehead atoms. The van der Waals surface area contributed by atoms with Crippen LogP contribution in [-0.2, 0) is 37.1 Å². The van der Waals surface area contributed by atoms with Crippen LogP contribution in [-0.4, -0.2) is 60.6 Å². The molecule has 3 heterocycles. The van der Waals surface area contributed by atoms with Crippen LogP contribution in [0.1, 0.15) is 61.2 Å². The lowest BCUT2D eigenvalue weighted by molar-refractivity contribution is -0.121. The van der Waals surface area contributed by atoms with Crippen molar-refractivity contribution in [3.8, 4) is 0 Å². The highest BCUT2D eigenvalue weighted by Crippen LogP contribution is 2.21. The Labute approximate surface area is 177 Å². The van der Waals surface area contributed by atoms with Gasteiger partial charge in [0.15, 0.2) is 5.82 Å². The van der Waals surface area contributed by atoms with Crippen molar-refractivity contribution in [3.63, 3.8) is 0 Å². The van der Waals surface area contributed by atoms with Gasteiger partial charge < -0.3 is 5.32 Å². The zero-order valence-electron chi connectivity index (χ0n) is 18.1. The van der Waals surface area contributed by atoms with Gasteiger partial charge in [-0.1, -0.05) is 6.92 Å². The highest BCUT2D eigenvalue weighted by atomic mass is 16.2. The summed E-state index contributed by atoms with van der Waals surface area (Å²) in [6.07, 6.45) is 7.58. The van der Waals surface area contributed by atoms with Gasteiger partial charge in [-0.05, 0) is 80.4 Å². The summed E-state index contributed by atoms with van der Waals surface area (Å²) in [5.74, 6) is 2.25. The Morgan fingerprint density at radius 1 is 1.17 bits per heavy atom. The van der Waals surface area contributed by atoms with Crippen molar-refractivity contribution in [2.75, 3.05) is 19.6 Å². The molecular weight excluding hydrogens is 380 g/mol. The smallest absolute Gasteiger partial charge is 0.241 e. The second-order valence-corrected chi connectivity index (χ2v) is 8.67. The van der Waals surface area contributed by atoms with E-state index in [0.717, 1.165) is 49.2 Å². The van der Waals surface area contributed by atoms with Crippen LogP contribution in [0.2, 0.25) is 0 Å². The molecule has 0 radical (unpaired) electrons. The van der Waals surface area contributed by atoms with E-state index in [1.165, 1.54) is 36.9 Å². The number of carbonyl (C=O) groups excluding carboxylic acids is 1. The van der Waals surface area contributed by atoms with Crippen LogP contribution >= 0.6 is 0 Å². The lowest BCUT2D eigenvalue weighted by Gasteiger charge is -2.29. The highest BCUT2D eigenvalue weighted by molar-refractivity contribution is 5.75. The maximum atomic E-state index is 12.4. The van der Waals surface area contributed by atoms with Crippen LogP contribution < -0.4 is 5.32 Å². The zero-order valence-corrected chi connectivity index (χ0v) is 18.1. The molecule has 2 aliphatic rings. The molecule has 0 aromatic carbocycles. The van der Waals surface area contributed by atoms with Crippen LogP contribution in [0.4, 0.5) is 0 Å². The molecule has 30 heavy (non-hydrogen) atoms. The number of hydrogen-bond acceptors (Lipinski definition) is 7. The Morgan fingerprint density at radius 3 is 2.80 bits per heavy atom. The number of rotatable bonds is 7. The van der Waals surface area contributed by atoms with Gasteiger partial charge in [0.2, 0.25) is 5.91 Å². The summed E-state index contributed by atoms with van der Waals surface area (Å²) in [5.41, 5.74) is 3.61. The third-order valence-electron chi connectivity index (χ3n) is 6.25. The second-order valence-electron chi connectivity index (χ2n) is 8.67. The van der Waals surface area contributed by atoms with Gasteiger partial charge in [-0.2, -0.15) is 0 Å². The Hall–Kier alpha value is -2.42. The number of fused-ring (bicyclic) bond motifs is 1. The van der Waals surface area contributed by atoms with Crippen LogP contribution in [0.25, 0.3) is 0 Å². The Bertz CT molecular complexity index is 872. The summed E-state index contributed by atoms with van der Waals surface area (Å²) in [7, 11) is 0. The predicted octanol–water partition coefficient (Wildman–Crippen LogP) is 1.24. The van der Waals surface area contributed by atoms with Crippen molar-refractivity contribution < 1.29 is 4.79 Å². The molecule has 2 aromatic heterocycles. The average molecular weight is 413 g/mol. The molecule has 0 unspecified atom stereocenters. The van der Waals surface area contributed by atoms with E-state index in [0.29, 0.717) is 19.5 Å². The fourth-order valence-corrected chi connectivity index (χ4v) is 4.34. The van der Waals surface area contributed by atoms with E-state index < -0.39 is 0 Å². The highest BCUT2D eigenvalue weighted by Gasteiger charge is 2.19. The molecule has 1 aliphatic heterocycles. The zero-order chi connectivity index (χ0) is 20.9. The number of aromatic nitrogens is 6. The monoisotopic (exact) mass is 412 g/mol. The van der Waals surface area contributed by atoms with Gasteiger partial charge in [-0.15, -0.1) is 5.10 Å². The molecule has 162 valence electrons. The Morgan fingerprint density at radius 2 is 1.97 bits per heavy atom. The van der Waals surface area contributed by atoms with Crippen LogP contribution in [0, 0.1) is 12.8 Å². The number of aryl methyl sites for hydroxylation is 2. The van der Waals surface area contributed by atoms with E-state index in [-0.39, 0.29) is 12.5 Å². The number of nitrogens with one attached hydrogen (secondary N) is 1. The van der Waals surface area contributed by atoms with Crippen molar-refractivity contribution in [3.05, 3.63) is 28.6 Å². The minimum Gasteiger partial charge on any atom is -0.354 e. The first-order valence-electron chi connectivity index (χ1n) is 11.2. The standard InChI is InChI=1S/C21H32N8O/c1-15-8-11-28(12-9-15)13-20-25-26-27-29(20)14-21(30)22-10-7-19-23-16(2)17-5-3-4-6-18(17)24-19/h15H,3-14H2,1-2H3,(H,22,30). The first-order chi connectivity index (χ1) is 14.6. The summed E-state index contributed by atoms with van der Waals surface area (Å²) in [6, 6.07) is 0. The SMILES string of the molecule is Cc1nc(CCNC(=O)Cn2nnnc2CN2CCC(C)CC2)nc2c1CCCC2. The fraction of sp³-hybridized carbons (Fsp3) is 0.714. The van der Waals surface area contributed by atoms with E-state index in [1.54, 1.807) is 4.68 Å². The normalized spacial score (nSPS) is 17.7. The quantitative estimate of drug-likeness (QED) is 0.730. The molecule has 1 saturated heterocycles. The summed E-state index contributed by atoms with van der Waals surface area (Å²) < 4.78 is 1.60. The van der Waals surface area contributed by atoms with Gasteiger partial charge in [-0.3, -0.25) is 9.69 Å². The van der Waals surface area contributed by atoms with Gasteiger partial charge in [-0.25, -0.2) is 14.6 Å². The molecule has 0 spiro atoms. The maximum absolute atomic E-state index is 12.4. The molecule has 1 aliphatic carbocycles. The van der Waals surface area contributed by atoms with Crippen molar-refractivity contribution in [1.29, 1.82) is 0 Å². The number of hydrogen-bond donors (Lipinski definition) is 1. The number of likely N-dealkylation sites (tertiary alicyclic amines) is 1. The van der Waals surface area contributed by atoms with Crippen molar-refractivity contribution in [1.82, 2.24) is 40.4 Å². The third-order valence-corrected chi connectivity index (χ3v) is 6.25. The molecule has 4 rings (SSSR count). The van der Waals surface area contributed by atoms with Gasteiger partial charge in [0.1, 0.15) is 12.4 Å². The first kappa shape index (κ1) is 20.8. The summed E-state index contributed by atoms with van der Waals surface area (Å²) in [4.78, 5) is 24.1. The largest absolute Gasteiger partial charge is 0.354 e. The number of nitrogens with zero attached hydrogens (tertiary/aromatic N) is 7. The van der Waals surface area contributed by atoms with Crippen LogP contribution in [0.3, 0.4) is 0 Å². The second kappa shape index (κ2) is 9.59. The van der Waals surface area contributed by atoms with E-state index >= 15 is 0 Å². The van der Waals surface area contributed by atoms with Crippen LogP contribution in [0.15, 0.2) is 0 Å². The molecular formula is C21H32N8O. The third kappa shape index (κ3) is 5.19. The van der Waals surface area contributed by atoms with Gasteiger partial charge >= 0.3 is 0 Å². The number of piperidine rings is 1. The molecule has 9 nitrogen and oxygen atoms in total.